The van der Waals surface area contributed by atoms with E-state index in [9.17, 15) is 14.7 Å². The van der Waals surface area contributed by atoms with Crippen molar-refractivity contribution in [1.82, 2.24) is 10.6 Å². The van der Waals surface area contributed by atoms with E-state index < -0.39 is 23.2 Å². The first-order valence-electron chi connectivity index (χ1n) is 7.54. The zero-order chi connectivity index (χ0) is 17.5. The first kappa shape index (κ1) is 19.2. The number of carbonyl (C=O) groups excluding carboxylic acids is 2. The molecule has 1 aliphatic heterocycles. The van der Waals surface area contributed by atoms with E-state index in [-0.39, 0.29) is 25.5 Å². The van der Waals surface area contributed by atoms with Gasteiger partial charge in [0.15, 0.2) is 0 Å². The highest BCUT2D eigenvalue weighted by atomic mass is 16.7. The van der Waals surface area contributed by atoms with E-state index >= 15 is 0 Å². The van der Waals surface area contributed by atoms with Crippen molar-refractivity contribution in [3.8, 4) is 0 Å². The predicted molar refractivity (Wildman–Crippen MR) is 81.8 cm³/mol. The van der Waals surface area contributed by atoms with Gasteiger partial charge < -0.3 is 30.3 Å². The molecule has 1 heterocycles. The Kier molecular flexibility index (Phi) is 6.83. The molecule has 2 amide bonds. The number of rotatable bonds is 9. The number of carbonyl (C=O) groups is 2. The van der Waals surface area contributed by atoms with Gasteiger partial charge in [0.25, 0.3) is 0 Å². The maximum Gasteiger partial charge on any atom is 0.249 e. The quantitative estimate of drug-likeness (QED) is 0.457. The van der Waals surface area contributed by atoms with Gasteiger partial charge in [-0.1, -0.05) is 13.8 Å². The summed E-state index contributed by atoms with van der Waals surface area (Å²) in [6.45, 7) is 5.09. The lowest BCUT2D eigenvalue weighted by molar-refractivity contribution is -0.137. The monoisotopic (exact) mass is 330 g/mol. The highest BCUT2D eigenvalue weighted by Gasteiger charge is 2.32. The summed E-state index contributed by atoms with van der Waals surface area (Å²) in [5, 5.41) is 24.1. The molecule has 0 unspecified atom stereocenters. The molecule has 0 saturated heterocycles. The van der Waals surface area contributed by atoms with Crippen molar-refractivity contribution in [2.45, 2.75) is 45.5 Å². The molecule has 0 aromatic carbocycles. The van der Waals surface area contributed by atoms with E-state index in [0.29, 0.717) is 13.0 Å². The molecule has 0 bridgehead atoms. The molecule has 132 valence electrons. The van der Waals surface area contributed by atoms with Gasteiger partial charge in [0, 0.05) is 38.3 Å². The van der Waals surface area contributed by atoms with E-state index in [1.54, 1.807) is 20.8 Å². The minimum atomic E-state index is -1.33. The molecule has 0 saturated carbocycles. The van der Waals surface area contributed by atoms with Crippen LogP contribution in [0.1, 0.15) is 33.6 Å². The lowest BCUT2D eigenvalue weighted by atomic mass is 9.87. The fraction of sp³-hybridized carbons (Fsp3) is 0.733. The van der Waals surface area contributed by atoms with Gasteiger partial charge in [-0.2, -0.15) is 0 Å². The second kappa shape index (κ2) is 8.16. The van der Waals surface area contributed by atoms with Crippen LogP contribution >= 0.6 is 0 Å². The Morgan fingerprint density at radius 3 is 2.39 bits per heavy atom. The summed E-state index contributed by atoms with van der Waals surface area (Å²) >= 11 is 0. The minimum Gasteiger partial charge on any atom is -0.457 e. The summed E-state index contributed by atoms with van der Waals surface area (Å²) < 4.78 is 10.5. The van der Waals surface area contributed by atoms with Crippen LogP contribution in [0.15, 0.2) is 12.5 Å². The summed E-state index contributed by atoms with van der Waals surface area (Å²) in [4.78, 5) is 23.4. The number of amides is 2. The number of hydrogen-bond acceptors (Lipinski definition) is 6. The van der Waals surface area contributed by atoms with Crippen LogP contribution < -0.4 is 10.6 Å². The molecule has 0 aliphatic carbocycles. The van der Waals surface area contributed by atoms with Gasteiger partial charge in [-0.25, -0.2) is 0 Å². The first-order chi connectivity index (χ1) is 10.7. The molecule has 8 nitrogen and oxygen atoms in total. The number of aliphatic hydroxyl groups is 2. The van der Waals surface area contributed by atoms with E-state index in [2.05, 4.69) is 10.6 Å². The van der Waals surface area contributed by atoms with Crippen LogP contribution in [0.5, 0.6) is 0 Å². The first-order valence-corrected chi connectivity index (χ1v) is 7.54. The summed E-state index contributed by atoms with van der Waals surface area (Å²) in [5.41, 5.74) is -0.933. The van der Waals surface area contributed by atoms with Crippen LogP contribution in [-0.2, 0) is 19.1 Å². The Morgan fingerprint density at radius 1 is 1.22 bits per heavy atom. The third-order valence-electron chi connectivity index (χ3n) is 3.64. The molecule has 0 spiro atoms. The van der Waals surface area contributed by atoms with Crippen LogP contribution in [0.3, 0.4) is 0 Å². The van der Waals surface area contributed by atoms with Gasteiger partial charge in [0.05, 0.1) is 6.61 Å². The van der Waals surface area contributed by atoms with Crippen LogP contribution in [0.25, 0.3) is 0 Å². The minimum absolute atomic E-state index is 0.0920. The Bertz CT molecular complexity index is 441. The standard InChI is InChI=1S/C15H26N2O6/c1-14(2,10-18)12(20)13(21)17-6-4-11(19)16-7-5-15(3)22-8-9-23-15/h8-9,12,18,20H,4-7,10H2,1-3H3,(H,16,19)(H,17,21)/t12-/m0/s1. The van der Waals surface area contributed by atoms with Crippen molar-refractivity contribution in [3.63, 3.8) is 0 Å². The van der Waals surface area contributed by atoms with Crippen molar-refractivity contribution in [1.29, 1.82) is 0 Å². The molecule has 0 aromatic rings. The summed E-state index contributed by atoms with van der Waals surface area (Å²) in [7, 11) is 0. The fourth-order valence-electron chi connectivity index (χ4n) is 1.84. The molecule has 4 N–H and O–H groups in total. The smallest absolute Gasteiger partial charge is 0.249 e. The lowest BCUT2D eigenvalue weighted by Gasteiger charge is -2.27. The van der Waals surface area contributed by atoms with Gasteiger partial charge in [-0.15, -0.1) is 0 Å². The molecule has 1 atom stereocenters. The fourth-order valence-corrected chi connectivity index (χ4v) is 1.84. The van der Waals surface area contributed by atoms with Crippen molar-refractivity contribution in [2.75, 3.05) is 19.7 Å². The van der Waals surface area contributed by atoms with Crippen molar-refractivity contribution >= 4 is 11.8 Å². The van der Waals surface area contributed by atoms with Gasteiger partial charge >= 0.3 is 0 Å². The van der Waals surface area contributed by atoms with Crippen LogP contribution in [0.4, 0.5) is 0 Å². The average Bonchev–Trinajstić information content (AvgIpc) is 2.93. The topological polar surface area (TPSA) is 117 Å². The Hall–Kier alpha value is -1.80. The van der Waals surface area contributed by atoms with E-state index in [1.165, 1.54) is 12.5 Å². The highest BCUT2D eigenvalue weighted by molar-refractivity contribution is 5.82. The number of aliphatic hydroxyl groups excluding tert-OH is 2. The van der Waals surface area contributed by atoms with Gasteiger partial charge in [0.2, 0.25) is 17.6 Å². The number of nitrogens with one attached hydrogen (secondary N) is 2. The van der Waals surface area contributed by atoms with Crippen LogP contribution in [-0.4, -0.2) is 53.6 Å². The average molecular weight is 330 g/mol. The second-order valence-electron chi connectivity index (χ2n) is 6.33. The maximum absolute atomic E-state index is 11.7. The van der Waals surface area contributed by atoms with E-state index in [1.807, 2.05) is 0 Å². The second-order valence-corrected chi connectivity index (χ2v) is 6.33. The van der Waals surface area contributed by atoms with E-state index in [0.717, 1.165) is 0 Å². The Morgan fingerprint density at radius 2 is 1.83 bits per heavy atom. The van der Waals surface area contributed by atoms with Gasteiger partial charge in [0.1, 0.15) is 18.6 Å². The molecule has 0 radical (unpaired) electrons. The third-order valence-corrected chi connectivity index (χ3v) is 3.64. The van der Waals surface area contributed by atoms with Crippen LogP contribution in [0.2, 0.25) is 0 Å². The lowest BCUT2D eigenvalue weighted by Crippen LogP contribution is -2.46. The van der Waals surface area contributed by atoms with Crippen LogP contribution in [0, 0.1) is 5.41 Å². The third kappa shape index (κ3) is 6.07. The molecular formula is C15H26N2O6. The van der Waals surface area contributed by atoms with Gasteiger partial charge in [-0.05, 0) is 0 Å². The predicted octanol–water partition coefficient (Wildman–Crippen LogP) is -0.387. The SMILES string of the molecule is CC1(CCNC(=O)CCNC(=O)[C@H](O)C(C)(C)CO)OC=CO1. The summed E-state index contributed by atoms with van der Waals surface area (Å²) in [5.74, 6) is -1.58. The molecular weight excluding hydrogens is 304 g/mol. The molecule has 1 rings (SSSR count). The van der Waals surface area contributed by atoms with Crippen molar-refractivity contribution in [3.05, 3.63) is 12.5 Å². The largest absolute Gasteiger partial charge is 0.457 e. The normalized spacial score (nSPS) is 17.1. The number of hydrogen-bond donors (Lipinski definition) is 4. The zero-order valence-electron chi connectivity index (χ0n) is 13.8. The van der Waals surface area contributed by atoms with Crippen molar-refractivity contribution < 1.29 is 29.3 Å². The molecule has 8 heteroatoms. The Labute approximate surface area is 135 Å². The molecule has 0 fully saturated rings. The maximum atomic E-state index is 11.7. The molecule has 23 heavy (non-hydrogen) atoms. The molecule has 0 aromatic heterocycles. The zero-order valence-corrected chi connectivity index (χ0v) is 13.8. The molecule has 1 aliphatic rings. The Balaban J connectivity index is 2.17. The van der Waals surface area contributed by atoms with E-state index in [4.69, 9.17) is 14.6 Å². The van der Waals surface area contributed by atoms with Gasteiger partial charge in [-0.3, -0.25) is 9.59 Å². The summed E-state index contributed by atoms with van der Waals surface area (Å²) in [6.07, 6.45) is 2.16. The van der Waals surface area contributed by atoms with Crippen molar-refractivity contribution in [2.24, 2.45) is 5.41 Å². The summed E-state index contributed by atoms with van der Waals surface area (Å²) in [6, 6.07) is 0. The number of ether oxygens (including phenoxy) is 2. The highest BCUT2D eigenvalue weighted by Crippen LogP contribution is 2.22.